The lowest BCUT2D eigenvalue weighted by Gasteiger charge is -2.38. The molecule has 0 spiro atoms. The highest BCUT2D eigenvalue weighted by Crippen LogP contribution is 2.16. The smallest absolute Gasteiger partial charge is 0.307 e. The second-order valence-electron chi connectivity index (χ2n) is 4.00. The van der Waals surface area contributed by atoms with Crippen molar-refractivity contribution in [3.05, 3.63) is 0 Å². The summed E-state index contributed by atoms with van der Waals surface area (Å²) < 4.78 is 10.1. The maximum Gasteiger partial charge on any atom is 0.307 e. The van der Waals surface area contributed by atoms with Gasteiger partial charge in [0.1, 0.15) is 0 Å². The third-order valence-electron chi connectivity index (χ3n) is 3.00. The van der Waals surface area contributed by atoms with Crippen LogP contribution in [0.25, 0.3) is 0 Å². The Hall–Kier alpha value is -0.610. The van der Waals surface area contributed by atoms with Crippen molar-refractivity contribution in [1.82, 2.24) is 4.90 Å². The van der Waals surface area contributed by atoms with Gasteiger partial charge in [0.2, 0.25) is 0 Å². The standard InChI is InChI=1S/C11H21NO3/c1-4-10-8-15-6-5-12(10)9(2)7-11(13)14-3/h9-10H,4-8H2,1-3H3. The Morgan fingerprint density at radius 2 is 2.40 bits per heavy atom. The summed E-state index contributed by atoms with van der Waals surface area (Å²) in [7, 11) is 1.44. The van der Waals surface area contributed by atoms with Crippen molar-refractivity contribution in [3.63, 3.8) is 0 Å². The quantitative estimate of drug-likeness (QED) is 0.657. The lowest BCUT2D eigenvalue weighted by Crippen LogP contribution is -2.50. The van der Waals surface area contributed by atoms with Crippen LogP contribution < -0.4 is 0 Å². The number of ether oxygens (including phenoxy) is 2. The van der Waals surface area contributed by atoms with Crippen LogP contribution in [0, 0.1) is 0 Å². The first-order chi connectivity index (χ1) is 7.19. The van der Waals surface area contributed by atoms with E-state index >= 15 is 0 Å². The van der Waals surface area contributed by atoms with Crippen molar-refractivity contribution < 1.29 is 14.3 Å². The molecule has 0 aliphatic carbocycles. The highest BCUT2D eigenvalue weighted by Gasteiger charge is 2.27. The maximum atomic E-state index is 11.2. The second-order valence-corrected chi connectivity index (χ2v) is 4.00. The molecule has 1 aliphatic rings. The molecular weight excluding hydrogens is 194 g/mol. The highest BCUT2D eigenvalue weighted by molar-refractivity contribution is 5.69. The molecule has 0 aromatic heterocycles. The molecule has 15 heavy (non-hydrogen) atoms. The van der Waals surface area contributed by atoms with E-state index in [-0.39, 0.29) is 12.0 Å². The topological polar surface area (TPSA) is 38.8 Å². The molecule has 4 heteroatoms. The minimum absolute atomic E-state index is 0.135. The van der Waals surface area contributed by atoms with Gasteiger partial charge in [-0.25, -0.2) is 0 Å². The van der Waals surface area contributed by atoms with E-state index in [0.29, 0.717) is 12.5 Å². The first kappa shape index (κ1) is 12.5. The Kier molecular flexibility index (Phi) is 5.05. The van der Waals surface area contributed by atoms with Crippen molar-refractivity contribution >= 4 is 5.97 Å². The van der Waals surface area contributed by atoms with E-state index in [0.717, 1.165) is 26.2 Å². The third kappa shape index (κ3) is 3.47. The van der Waals surface area contributed by atoms with Crippen LogP contribution in [0.5, 0.6) is 0 Å². The zero-order chi connectivity index (χ0) is 11.3. The van der Waals surface area contributed by atoms with Gasteiger partial charge in [-0.3, -0.25) is 9.69 Å². The molecule has 0 bridgehead atoms. The molecule has 1 rings (SSSR count). The molecule has 1 fully saturated rings. The number of hydrogen-bond acceptors (Lipinski definition) is 4. The normalized spacial score (nSPS) is 24.9. The largest absolute Gasteiger partial charge is 0.469 e. The van der Waals surface area contributed by atoms with Crippen LogP contribution in [0.2, 0.25) is 0 Å². The number of carbonyl (C=O) groups is 1. The zero-order valence-corrected chi connectivity index (χ0v) is 9.86. The third-order valence-corrected chi connectivity index (χ3v) is 3.00. The van der Waals surface area contributed by atoms with Gasteiger partial charge in [0.15, 0.2) is 0 Å². The van der Waals surface area contributed by atoms with Crippen LogP contribution in [0.3, 0.4) is 0 Å². The number of nitrogens with zero attached hydrogens (tertiary/aromatic N) is 1. The Labute approximate surface area is 91.5 Å². The summed E-state index contributed by atoms with van der Waals surface area (Å²) in [6, 6.07) is 0.685. The highest BCUT2D eigenvalue weighted by atomic mass is 16.5. The van der Waals surface area contributed by atoms with Gasteiger partial charge in [0, 0.05) is 18.6 Å². The molecule has 2 atom stereocenters. The number of hydrogen-bond donors (Lipinski definition) is 0. The molecule has 1 saturated heterocycles. The average Bonchev–Trinajstić information content (AvgIpc) is 2.28. The van der Waals surface area contributed by atoms with E-state index in [1.165, 1.54) is 7.11 Å². The van der Waals surface area contributed by atoms with Crippen molar-refractivity contribution in [2.75, 3.05) is 26.9 Å². The molecule has 0 radical (unpaired) electrons. The first-order valence-electron chi connectivity index (χ1n) is 5.59. The zero-order valence-electron chi connectivity index (χ0n) is 9.86. The number of rotatable bonds is 4. The van der Waals surface area contributed by atoms with Crippen molar-refractivity contribution in [1.29, 1.82) is 0 Å². The van der Waals surface area contributed by atoms with Gasteiger partial charge < -0.3 is 9.47 Å². The van der Waals surface area contributed by atoms with Crippen LogP contribution >= 0.6 is 0 Å². The molecule has 1 aliphatic heterocycles. The van der Waals surface area contributed by atoms with E-state index in [1.807, 2.05) is 0 Å². The van der Waals surface area contributed by atoms with Gasteiger partial charge in [-0.05, 0) is 13.3 Å². The molecule has 2 unspecified atom stereocenters. The van der Waals surface area contributed by atoms with Crippen molar-refractivity contribution in [3.8, 4) is 0 Å². The molecule has 0 aromatic rings. The number of carbonyl (C=O) groups excluding carboxylic acids is 1. The Morgan fingerprint density at radius 3 is 3.00 bits per heavy atom. The first-order valence-corrected chi connectivity index (χ1v) is 5.59. The summed E-state index contributed by atoms with van der Waals surface area (Å²) in [5, 5.41) is 0. The molecular formula is C11H21NO3. The molecule has 88 valence electrons. The van der Waals surface area contributed by atoms with Crippen molar-refractivity contribution in [2.45, 2.75) is 38.8 Å². The van der Waals surface area contributed by atoms with E-state index in [9.17, 15) is 4.79 Å². The van der Waals surface area contributed by atoms with Crippen LogP contribution in [0.15, 0.2) is 0 Å². The fraction of sp³-hybridized carbons (Fsp3) is 0.909. The van der Waals surface area contributed by atoms with Gasteiger partial charge in [0.05, 0.1) is 26.7 Å². The Morgan fingerprint density at radius 1 is 1.67 bits per heavy atom. The second kappa shape index (κ2) is 6.08. The Balaban J connectivity index is 2.47. The summed E-state index contributed by atoms with van der Waals surface area (Å²) in [6.45, 7) is 6.68. The number of methoxy groups -OCH3 is 1. The predicted octanol–water partition coefficient (Wildman–Crippen LogP) is 1.05. The fourth-order valence-corrected chi connectivity index (χ4v) is 2.04. The summed E-state index contributed by atoms with van der Waals surface area (Å²) in [6.07, 6.45) is 1.53. The van der Waals surface area contributed by atoms with E-state index < -0.39 is 0 Å². The van der Waals surface area contributed by atoms with Crippen molar-refractivity contribution in [2.24, 2.45) is 0 Å². The van der Waals surface area contributed by atoms with Crippen LogP contribution in [-0.4, -0.2) is 49.8 Å². The minimum Gasteiger partial charge on any atom is -0.469 e. The summed E-state index contributed by atoms with van der Waals surface area (Å²) in [5.74, 6) is -0.135. The van der Waals surface area contributed by atoms with Gasteiger partial charge in [-0.15, -0.1) is 0 Å². The van der Waals surface area contributed by atoms with Crippen LogP contribution in [-0.2, 0) is 14.3 Å². The maximum absolute atomic E-state index is 11.2. The summed E-state index contributed by atoms with van der Waals surface area (Å²) in [5.41, 5.74) is 0. The molecule has 4 nitrogen and oxygen atoms in total. The average molecular weight is 215 g/mol. The predicted molar refractivity (Wildman–Crippen MR) is 57.7 cm³/mol. The molecule has 0 saturated carbocycles. The lowest BCUT2D eigenvalue weighted by atomic mass is 10.1. The lowest BCUT2D eigenvalue weighted by molar-refractivity contribution is -0.142. The van der Waals surface area contributed by atoms with Gasteiger partial charge >= 0.3 is 5.97 Å². The summed E-state index contributed by atoms with van der Waals surface area (Å²) >= 11 is 0. The van der Waals surface area contributed by atoms with E-state index in [4.69, 9.17) is 4.74 Å². The monoisotopic (exact) mass is 215 g/mol. The van der Waals surface area contributed by atoms with Gasteiger partial charge in [0.25, 0.3) is 0 Å². The summed E-state index contributed by atoms with van der Waals surface area (Å²) in [4.78, 5) is 13.5. The minimum atomic E-state index is -0.135. The molecule has 0 N–H and O–H groups in total. The molecule has 0 aromatic carbocycles. The SMILES string of the molecule is CCC1COCCN1C(C)CC(=O)OC. The molecule has 1 heterocycles. The van der Waals surface area contributed by atoms with E-state index in [2.05, 4.69) is 23.5 Å². The Bertz CT molecular complexity index is 208. The van der Waals surface area contributed by atoms with Crippen LogP contribution in [0.1, 0.15) is 26.7 Å². The van der Waals surface area contributed by atoms with E-state index in [1.54, 1.807) is 0 Å². The number of esters is 1. The molecule has 0 amide bonds. The fourth-order valence-electron chi connectivity index (χ4n) is 2.04. The van der Waals surface area contributed by atoms with Gasteiger partial charge in [-0.1, -0.05) is 6.92 Å². The van der Waals surface area contributed by atoms with Crippen LogP contribution in [0.4, 0.5) is 0 Å². The van der Waals surface area contributed by atoms with Gasteiger partial charge in [-0.2, -0.15) is 0 Å². The number of morpholine rings is 1.